The van der Waals surface area contributed by atoms with Gasteiger partial charge in [-0.05, 0) is 45.2 Å². The Balaban J connectivity index is 0.00000120. The third kappa shape index (κ3) is 2.65. The van der Waals surface area contributed by atoms with Crippen molar-refractivity contribution in [2.75, 3.05) is 32.8 Å². The van der Waals surface area contributed by atoms with Gasteiger partial charge >= 0.3 is 0 Å². The van der Waals surface area contributed by atoms with Crippen molar-refractivity contribution in [2.24, 2.45) is 5.92 Å². The second-order valence-corrected chi connectivity index (χ2v) is 5.67. The Morgan fingerprint density at radius 1 is 1.28 bits per heavy atom. The second-order valence-electron chi connectivity index (χ2n) is 5.67. The fourth-order valence-electron chi connectivity index (χ4n) is 3.23. The number of rotatable bonds is 1. The van der Waals surface area contributed by atoms with Crippen molar-refractivity contribution in [1.29, 1.82) is 0 Å². The summed E-state index contributed by atoms with van der Waals surface area (Å²) in [6, 6.07) is 0. The summed E-state index contributed by atoms with van der Waals surface area (Å²) in [4.78, 5) is 14.5. The highest BCUT2D eigenvalue weighted by Gasteiger charge is 2.43. The topological polar surface area (TPSA) is 41.6 Å². The molecule has 18 heavy (non-hydrogen) atoms. The van der Waals surface area contributed by atoms with E-state index in [0.29, 0.717) is 5.91 Å². The van der Waals surface area contributed by atoms with Crippen LogP contribution in [0.3, 0.4) is 0 Å². The molecule has 5 heteroatoms. The van der Waals surface area contributed by atoms with E-state index in [0.717, 1.165) is 58.5 Å². The molecule has 0 aromatic heterocycles. The normalized spacial score (nSPS) is 27.4. The molecular formula is C13H23ClN2O2. The first-order chi connectivity index (χ1) is 8.29. The molecule has 0 radical (unpaired) electrons. The minimum Gasteiger partial charge on any atom is -0.371 e. The Morgan fingerprint density at radius 2 is 2.00 bits per heavy atom. The van der Waals surface area contributed by atoms with Gasteiger partial charge in [-0.2, -0.15) is 0 Å². The summed E-state index contributed by atoms with van der Waals surface area (Å²) in [5.74, 6) is 0.632. The lowest BCUT2D eigenvalue weighted by Crippen LogP contribution is -2.58. The predicted octanol–water partition coefficient (Wildman–Crippen LogP) is 1.19. The highest BCUT2D eigenvalue weighted by Crippen LogP contribution is 2.38. The van der Waals surface area contributed by atoms with Crippen molar-refractivity contribution in [2.45, 2.75) is 37.7 Å². The van der Waals surface area contributed by atoms with Crippen molar-refractivity contribution in [3.63, 3.8) is 0 Å². The quantitative estimate of drug-likeness (QED) is 0.781. The molecule has 3 rings (SSSR count). The molecule has 3 fully saturated rings. The molecule has 4 nitrogen and oxygen atoms in total. The molecular weight excluding hydrogens is 252 g/mol. The molecule has 2 saturated heterocycles. The Kier molecular flexibility index (Phi) is 4.51. The molecule has 104 valence electrons. The van der Waals surface area contributed by atoms with Crippen LogP contribution in [0.25, 0.3) is 0 Å². The summed E-state index contributed by atoms with van der Waals surface area (Å²) < 4.78 is 5.86. The molecule has 0 aromatic carbocycles. The second kappa shape index (κ2) is 5.76. The first-order valence-corrected chi connectivity index (χ1v) is 6.93. The lowest BCUT2D eigenvalue weighted by Gasteiger charge is -2.49. The summed E-state index contributed by atoms with van der Waals surface area (Å²) in [6.45, 7) is 4.36. The maximum atomic E-state index is 12.4. The van der Waals surface area contributed by atoms with Crippen molar-refractivity contribution >= 4 is 18.3 Å². The smallest absolute Gasteiger partial charge is 0.225 e. The number of halogens is 1. The van der Waals surface area contributed by atoms with E-state index in [2.05, 4.69) is 10.2 Å². The summed E-state index contributed by atoms with van der Waals surface area (Å²) in [7, 11) is 0. The third-order valence-electron chi connectivity index (χ3n) is 4.51. The average Bonchev–Trinajstić information content (AvgIpc) is 2.37. The summed E-state index contributed by atoms with van der Waals surface area (Å²) in [5, 5.41) is 3.32. The van der Waals surface area contributed by atoms with E-state index in [-0.39, 0.29) is 23.9 Å². The number of hydrogen-bond donors (Lipinski definition) is 1. The number of carbonyl (C=O) groups is 1. The zero-order valence-corrected chi connectivity index (χ0v) is 11.6. The molecule has 1 N–H and O–H groups in total. The molecule has 0 aromatic rings. The predicted molar refractivity (Wildman–Crippen MR) is 72.0 cm³/mol. The minimum atomic E-state index is 0. The highest BCUT2D eigenvalue weighted by molar-refractivity contribution is 5.85. The van der Waals surface area contributed by atoms with Crippen LogP contribution >= 0.6 is 12.4 Å². The van der Waals surface area contributed by atoms with Gasteiger partial charge in [0.15, 0.2) is 0 Å². The average molecular weight is 275 g/mol. The molecule has 2 heterocycles. The van der Waals surface area contributed by atoms with E-state index in [1.54, 1.807) is 0 Å². The number of carbonyl (C=O) groups excluding carboxylic acids is 1. The highest BCUT2D eigenvalue weighted by atomic mass is 35.5. The Morgan fingerprint density at radius 3 is 2.61 bits per heavy atom. The minimum absolute atomic E-state index is 0. The maximum Gasteiger partial charge on any atom is 0.225 e. The first kappa shape index (κ1) is 14.1. The van der Waals surface area contributed by atoms with Crippen molar-refractivity contribution in [3.05, 3.63) is 0 Å². The SMILES string of the molecule is Cl.O=C(C1CCNCC1)N1CCOC2(CCC2)C1. The molecule has 1 aliphatic carbocycles. The van der Waals surface area contributed by atoms with Crippen LogP contribution in [-0.2, 0) is 9.53 Å². The largest absolute Gasteiger partial charge is 0.371 e. The Labute approximate surface area is 115 Å². The number of hydrogen-bond acceptors (Lipinski definition) is 3. The maximum absolute atomic E-state index is 12.4. The van der Waals surface area contributed by atoms with Crippen molar-refractivity contribution in [1.82, 2.24) is 10.2 Å². The van der Waals surface area contributed by atoms with E-state index < -0.39 is 0 Å². The standard InChI is InChI=1S/C13H22N2O2.ClH/c16-12(11-2-6-14-7-3-11)15-8-9-17-13(10-15)4-1-5-13;/h11,14H,1-10H2;1H. The molecule has 1 saturated carbocycles. The van der Waals surface area contributed by atoms with Crippen LogP contribution in [0.1, 0.15) is 32.1 Å². The lowest BCUT2D eigenvalue weighted by molar-refractivity contribution is -0.170. The Bertz CT molecular complexity index is 301. The van der Waals surface area contributed by atoms with Crippen molar-refractivity contribution < 1.29 is 9.53 Å². The summed E-state index contributed by atoms with van der Waals surface area (Å²) in [6.07, 6.45) is 5.55. The van der Waals surface area contributed by atoms with Crippen LogP contribution in [0.5, 0.6) is 0 Å². The van der Waals surface area contributed by atoms with Gasteiger partial charge in [-0.3, -0.25) is 4.79 Å². The molecule has 0 atom stereocenters. The zero-order valence-electron chi connectivity index (χ0n) is 10.8. The van der Waals surface area contributed by atoms with Gasteiger partial charge in [0.25, 0.3) is 0 Å². The third-order valence-corrected chi connectivity index (χ3v) is 4.51. The number of piperidine rings is 1. The van der Waals surface area contributed by atoms with E-state index in [9.17, 15) is 4.79 Å². The fraction of sp³-hybridized carbons (Fsp3) is 0.923. The first-order valence-electron chi connectivity index (χ1n) is 6.93. The van der Waals surface area contributed by atoms with Gasteiger partial charge in [-0.15, -0.1) is 12.4 Å². The van der Waals surface area contributed by atoms with Crippen LogP contribution in [0.15, 0.2) is 0 Å². The van der Waals surface area contributed by atoms with Gasteiger partial charge in [-0.25, -0.2) is 0 Å². The van der Waals surface area contributed by atoms with E-state index in [4.69, 9.17) is 4.74 Å². The van der Waals surface area contributed by atoms with E-state index in [1.807, 2.05) is 0 Å². The van der Waals surface area contributed by atoms with E-state index in [1.165, 1.54) is 6.42 Å². The molecule has 0 bridgehead atoms. The lowest BCUT2D eigenvalue weighted by atomic mass is 9.78. The van der Waals surface area contributed by atoms with Crippen molar-refractivity contribution in [3.8, 4) is 0 Å². The molecule has 0 unspecified atom stereocenters. The summed E-state index contributed by atoms with van der Waals surface area (Å²) >= 11 is 0. The summed E-state index contributed by atoms with van der Waals surface area (Å²) in [5.41, 5.74) is 0.0425. The fourth-order valence-corrected chi connectivity index (χ4v) is 3.23. The van der Waals surface area contributed by atoms with Gasteiger partial charge in [0.05, 0.1) is 12.2 Å². The molecule has 2 aliphatic heterocycles. The van der Waals surface area contributed by atoms with Gasteiger partial charge in [0.1, 0.15) is 0 Å². The molecule has 1 amide bonds. The molecule has 1 spiro atoms. The van der Waals surface area contributed by atoms with Gasteiger partial charge in [0.2, 0.25) is 5.91 Å². The number of nitrogens with zero attached hydrogens (tertiary/aromatic N) is 1. The van der Waals surface area contributed by atoms with Crippen LogP contribution in [0.4, 0.5) is 0 Å². The Hall–Kier alpha value is -0.320. The van der Waals surface area contributed by atoms with Gasteiger partial charge < -0.3 is 15.0 Å². The number of morpholine rings is 1. The monoisotopic (exact) mass is 274 g/mol. The van der Waals surface area contributed by atoms with Gasteiger partial charge in [-0.1, -0.05) is 0 Å². The van der Waals surface area contributed by atoms with Crippen LogP contribution in [0.2, 0.25) is 0 Å². The molecule has 3 aliphatic rings. The van der Waals surface area contributed by atoms with Crippen LogP contribution in [0, 0.1) is 5.92 Å². The number of ether oxygens (including phenoxy) is 1. The number of nitrogens with one attached hydrogen (secondary N) is 1. The number of amides is 1. The van der Waals surface area contributed by atoms with E-state index >= 15 is 0 Å². The van der Waals surface area contributed by atoms with Crippen LogP contribution < -0.4 is 5.32 Å². The van der Waals surface area contributed by atoms with Crippen LogP contribution in [-0.4, -0.2) is 49.2 Å². The zero-order chi connectivity index (χ0) is 11.7. The van der Waals surface area contributed by atoms with Gasteiger partial charge in [0, 0.05) is 19.0 Å².